The maximum absolute atomic E-state index is 14.0. The Morgan fingerprint density at radius 3 is 2.33 bits per heavy atom. The average molecular weight is 470 g/mol. The largest absolute Gasteiger partial charge is 0.295 e. The fraction of sp³-hybridized carbons (Fsp3) is 0.250. The van der Waals surface area contributed by atoms with E-state index in [0.717, 1.165) is 38.8 Å². The summed E-state index contributed by atoms with van der Waals surface area (Å²) in [6.45, 7) is 1.74. The molecule has 0 saturated carbocycles. The Labute approximate surface area is 182 Å². The van der Waals surface area contributed by atoms with E-state index >= 15 is 0 Å². The van der Waals surface area contributed by atoms with E-state index in [2.05, 4.69) is 9.88 Å². The monoisotopic (exact) mass is 469 g/mol. The Kier molecular flexibility index (Phi) is 6.17. The molecule has 0 unspecified atom stereocenters. The van der Waals surface area contributed by atoms with Crippen molar-refractivity contribution in [3.05, 3.63) is 70.2 Å². The molecule has 30 heavy (non-hydrogen) atoms. The van der Waals surface area contributed by atoms with E-state index in [1.54, 1.807) is 0 Å². The molecule has 2 heterocycles. The van der Waals surface area contributed by atoms with Gasteiger partial charge in [-0.2, -0.15) is 4.31 Å². The normalized spacial score (nSPS) is 16.1. The molecule has 0 N–H and O–H groups in total. The third-order valence-corrected chi connectivity index (χ3v) is 8.09. The lowest BCUT2D eigenvalue weighted by Crippen LogP contribution is -2.48. The molecule has 158 valence electrons. The molecule has 1 aromatic heterocycles. The van der Waals surface area contributed by atoms with Crippen molar-refractivity contribution in [3.63, 3.8) is 0 Å². The summed E-state index contributed by atoms with van der Waals surface area (Å²) in [4.78, 5) is 5.81. The van der Waals surface area contributed by atoms with E-state index in [1.807, 2.05) is 29.6 Å². The van der Waals surface area contributed by atoms with E-state index in [9.17, 15) is 17.2 Å². The number of thiazole rings is 1. The third-order valence-electron chi connectivity index (χ3n) is 4.89. The van der Waals surface area contributed by atoms with Crippen LogP contribution in [-0.2, 0) is 16.6 Å². The second kappa shape index (κ2) is 8.68. The Balaban J connectivity index is 1.42. The molecule has 5 nitrogen and oxygen atoms in total. The van der Waals surface area contributed by atoms with Gasteiger partial charge < -0.3 is 0 Å². The lowest BCUT2D eigenvalue weighted by Gasteiger charge is -2.33. The van der Waals surface area contributed by atoms with Crippen LogP contribution < -0.4 is 0 Å². The van der Waals surface area contributed by atoms with Crippen molar-refractivity contribution in [2.24, 2.45) is 0 Å². The second-order valence-corrected chi connectivity index (χ2v) is 9.99. The quantitative estimate of drug-likeness (QED) is 0.560. The molecular weight excluding hydrogens is 452 g/mol. The van der Waals surface area contributed by atoms with Crippen LogP contribution >= 0.6 is 22.9 Å². The summed E-state index contributed by atoms with van der Waals surface area (Å²) in [5, 5.41) is 3.42. The van der Waals surface area contributed by atoms with Crippen molar-refractivity contribution in [2.75, 3.05) is 26.2 Å². The van der Waals surface area contributed by atoms with Gasteiger partial charge in [-0.1, -0.05) is 35.9 Å². The van der Waals surface area contributed by atoms with Gasteiger partial charge in [-0.3, -0.25) is 4.90 Å². The predicted octanol–water partition coefficient (Wildman–Crippen LogP) is 4.25. The topological polar surface area (TPSA) is 53.5 Å². The zero-order valence-corrected chi connectivity index (χ0v) is 18.2. The van der Waals surface area contributed by atoms with Gasteiger partial charge in [-0.15, -0.1) is 11.3 Å². The number of nitrogens with zero attached hydrogens (tertiary/aromatic N) is 3. The van der Waals surface area contributed by atoms with E-state index in [0.29, 0.717) is 24.7 Å². The van der Waals surface area contributed by atoms with Gasteiger partial charge in [0, 0.05) is 43.7 Å². The molecule has 0 aliphatic carbocycles. The smallest absolute Gasteiger partial charge is 0.249 e. The fourth-order valence-electron chi connectivity index (χ4n) is 3.35. The van der Waals surface area contributed by atoms with Crippen LogP contribution in [0, 0.1) is 11.6 Å². The van der Waals surface area contributed by atoms with Gasteiger partial charge >= 0.3 is 0 Å². The zero-order chi connectivity index (χ0) is 21.3. The van der Waals surface area contributed by atoms with Crippen LogP contribution in [0.1, 0.15) is 5.69 Å². The first-order valence-corrected chi connectivity index (χ1v) is 11.9. The minimum atomic E-state index is -4.23. The van der Waals surface area contributed by atoms with E-state index in [-0.39, 0.29) is 13.1 Å². The lowest BCUT2D eigenvalue weighted by molar-refractivity contribution is 0.180. The first-order chi connectivity index (χ1) is 14.4. The predicted molar refractivity (Wildman–Crippen MR) is 113 cm³/mol. The second-order valence-electron chi connectivity index (χ2n) is 6.85. The van der Waals surface area contributed by atoms with Crippen LogP contribution in [0.4, 0.5) is 8.78 Å². The molecule has 0 spiro atoms. The molecule has 4 rings (SSSR count). The minimum Gasteiger partial charge on any atom is -0.295 e. The molecule has 0 amide bonds. The SMILES string of the molecule is O=S(=O)(c1c(F)cccc1F)N1CCN(Cc2csc(-c3ccccc3Cl)n2)CC1. The number of hydrogen-bond acceptors (Lipinski definition) is 5. The number of aromatic nitrogens is 1. The van der Waals surface area contributed by atoms with Crippen molar-refractivity contribution < 1.29 is 17.2 Å². The highest BCUT2D eigenvalue weighted by atomic mass is 35.5. The van der Waals surface area contributed by atoms with Crippen molar-refractivity contribution in [1.82, 2.24) is 14.2 Å². The molecular formula is C20H18ClF2N3O2S2. The van der Waals surface area contributed by atoms with Crippen molar-refractivity contribution in [3.8, 4) is 10.6 Å². The Bertz CT molecular complexity index is 1140. The van der Waals surface area contributed by atoms with Crippen molar-refractivity contribution in [2.45, 2.75) is 11.4 Å². The molecule has 2 aromatic carbocycles. The number of piperazine rings is 1. The Hall–Kier alpha value is -1.91. The molecule has 1 aliphatic rings. The highest BCUT2D eigenvalue weighted by Gasteiger charge is 2.33. The standard InChI is InChI=1S/C20H18ClF2N3O2S2/c21-16-5-2-1-4-15(16)20-24-14(13-29-20)12-25-8-10-26(11-9-25)30(27,28)19-17(22)6-3-7-18(19)23/h1-7,13H,8-12H2. The van der Waals surface area contributed by atoms with Gasteiger partial charge in [0.2, 0.25) is 10.0 Å². The first kappa shape index (κ1) is 21.3. The van der Waals surface area contributed by atoms with Crippen LogP contribution in [0.15, 0.2) is 52.7 Å². The van der Waals surface area contributed by atoms with Crippen LogP contribution in [0.25, 0.3) is 10.6 Å². The van der Waals surface area contributed by atoms with Gasteiger partial charge in [0.05, 0.1) is 10.7 Å². The molecule has 1 aliphatic heterocycles. The maximum atomic E-state index is 14.0. The van der Waals surface area contributed by atoms with E-state index in [4.69, 9.17) is 11.6 Å². The first-order valence-electron chi connectivity index (χ1n) is 9.22. The van der Waals surface area contributed by atoms with Gasteiger partial charge in [0.25, 0.3) is 0 Å². The third kappa shape index (κ3) is 4.26. The summed E-state index contributed by atoms with van der Waals surface area (Å²) in [6.07, 6.45) is 0. The van der Waals surface area contributed by atoms with Gasteiger partial charge in [0.15, 0.2) is 4.90 Å². The van der Waals surface area contributed by atoms with Crippen LogP contribution in [0.3, 0.4) is 0 Å². The number of rotatable bonds is 5. The number of benzene rings is 2. The summed E-state index contributed by atoms with van der Waals surface area (Å²) >= 11 is 7.73. The summed E-state index contributed by atoms with van der Waals surface area (Å²) in [7, 11) is -4.23. The summed E-state index contributed by atoms with van der Waals surface area (Å²) in [5.41, 5.74) is 1.74. The lowest BCUT2D eigenvalue weighted by atomic mass is 10.2. The zero-order valence-electron chi connectivity index (χ0n) is 15.8. The van der Waals surface area contributed by atoms with Gasteiger partial charge in [-0.05, 0) is 18.2 Å². The van der Waals surface area contributed by atoms with Crippen LogP contribution in [0.5, 0.6) is 0 Å². The molecule has 1 fully saturated rings. The molecule has 1 saturated heterocycles. The number of hydrogen-bond donors (Lipinski definition) is 0. The summed E-state index contributed by atoms with van der Waals surface area (Å²) in [6, 6.07) is 10.5. The molecule has 0 radical (unpaired) electrons. The molecule has 3 aromatic rings. The van der Waals surface area contributed by atoms with Gasteiger partial charge in [-0.25, -0.2) is 22.2 Å². The summed E-state index contributed by atoms with van der Waals surface area (Å²) < 4.78 is 54.4. The molecule has 10 heteroatoms. The highest BCUT2D eigenvalue weighted by Crippen LogP contribution is 2.30. The maximum Gasteiger partial charge on any atom is 0.249 e. The average Bonchev–Trinajstić information content (AvgIpc) is 3.16. The van der Waals surface area contributed by atoms with Crippen LogP contribution in [-0.4, -0.2) is 48.8 Å². The van der Waals surface area contributed by atoms with Crippen molar-refractivity contribution in [1.29, 1.82) is 0 Å². The Morgan fingerprint density at radius 2 is 1.67 bits per heavy atom. The van der Waals surface area contributed by atoms with E-state index < -0.39 is 26.6 Å². The van der Waals surface area contributed by atoms with Crippen molar-refractivity contribution >= 4 is 33.0 Å². The van der Waals surface area contributed by atoms with Crippen LogP contribution in [0.2, 0.25) is 5.02 Å². The molecule has 0 atom stereocenters. The fourth-order valence-corrected chi connectivity index (χ4v) is 6.02. The summed E-state index contributed by atoms with van der Waals surface area (Å²) in [5.74, 6) is -2.15. The minimum absolute atomic E-state index is 0.150. The molecule has 0 bridgehead atoms. The Morgan fingerprint density at radius 1 is 1.00 bits per heavy atom. The van der Waals surface area contributed by atoms with Gasteiger partial charge in [0.1, 0.15) is 16.6 Å². The number of halogens is 3. The number of sulfonamides is 1. The van der Waals surface area contributed by atoms with E-state index in [1.165, 1.54) is 11.3 Å². The highest BCUT2D eigenvalue weighted by molar-refractivity contribution is 7.89.